The van der Waals surface area contributed by atoms with Crippen molar-refractivity contribution < 1.29 is 14.3 Å². The Labute approximate surface area is 179 Å². The van der Waals surface area contributed by atoms with E-state index < -0.39 is 11.2 Å². The van der Waals surface area contributed by atoms with E-state index in [4.69, 9.17) is 4.74 Å². The number of aryl methyl sites for hydroxylation is 1. The molecule has 0 aliphatic carbocycles. The van der Waals surface area contributed by atoms with Crippen molar-refractivity contribution >= 4 is 29.5 Å². The van der Waals surface area contributed by atoms with Crippen molar-refractivity contribution in [3.05, 3.63) is 54.5 Å². The molecule has 0 saturated carbocycles. The van der Waals surface area contributed by atoms with Crippen LogP contribution in [0.25, 0.3) is 11.3 Å². The number of hydrogen-bond donors (Lipinski definition) is 1. The molecule has 1 amide bonds. The highest BCUT2D eigenvalue weighted by Gasteiger charge is 2.24. The fraction of sp³-hybridized carbons (Fsp3) is 0.286. The van der Waals surface area contributed by atoms with E-state index in [0.717, 1.165) is 11.3 Å². The summed E-state index contributed by atoms with van der Waals surface area (Å²) in [6, 6.07) is 11.6. The van der Waals surface area contributed by atoms with Gasteiger partial charge in [-0.1, -0.05) is 49.0 Å². The van der Waals surface area contributed by atoms with Crippen molar-refractivity contribution in [3.8, 4) is 11.3 Å². The van der Waals surface area contributed by atoms with Gasteiger partial charge in [0.25, 0.3) is 0 Å². The molecule has 8 nitrogen and oxygen atoms in total. The molecule has 2 heterocycles. The maximum absolute atomic E-state index is 12.9. The van der Waals surface area contributed by atoms with Gasteiger partial charge in [0, 0.05) is 12.6 Å². The van der Waals surface area contributed by atoms with Gasteiger partial charge in [-0.05, 0) is 19.4 Å². The number of esters is 1. The molecular weight excluding hydrogens is 402 g/mol. The number of nitrogens with zero attached hydrogens (tertiary/aromatic N) is 4. The Morgan fingerprint density at radius 1 is 1.20 bits per heavy atom. The summed E-state index contributed by atoms with van der Waals surface area (Å²) in [5, 5.41) is 7.16. The van der Waals surface area contributed by atoms with Crippen LogP contribution in [0.15, 0.2) is 53.9 Å². The van der Waals surface area contributed by atoms with Gasteiger partial charge in [-0.2, -0.15) is 5.10 Å². The van der Waals surface area contributed by atoms with Gasteiger partial charge < -0.3 is 10.1 Å². The molecule has 0 spiro atoms. The standard InChI is InChI=1S/C21H23N5O3S/c1-4-17(20(27)25-19-15(12-24-26(19)3)21(28)29-5-2)30-18-11-16(22-13-23-18)14-9-7-6-8-10-14/h6-13,17H,4-5H2,1-3H3,(H,25,27). The van der Waals surface area contributed by atoms with Crippen LogP contribution in [-0.4, -0.2) is 43.5 Å². The minimum Gasteiger partial charge on any atom is -0.462 e. The zero-order chi connectivity index (χ0) is 21.5. The molecule has 1 aromatic carbocycles. The van der Waals surface area contributed by atoms with Crippen molar-refractivity contribution in [2.24, 2.45) is 7.05 Å². The van der Waals surface area contributed by atoms with E-state index in [-0.39, 0.29) is 18.1 Å². The highest BCUT2D eigenvalue weighted by Crippen LogP contribution is 2.28. The molecule has 1 N–H and O–H groups in total. The Balaban J connectivity index is 1.75. The Morgan fingerprint density at radius 3 is 2.67 bits per heavy atom. The zero-order valence-electron chi connectivity index (χ0n) is 17.0. The lowest BCUT2D eigenvalue weighted by molar-refractivity contribution is -0.115. The molecule has 1 unspecified atom stereocenters. The number of anilines is 1. The van der Waals surface area contributed by atoms with E-state index >= 15 is 0 Å². The molecule has 0 fully saturated rings. The lowest BCUT2D eigenvalue weighted by Crippen LogP contribution is -2.27. The van der Waals surface area contributed by atoms with Crippen LogP contribution in [0.1, 0.15) is 30.6 Å². The fourth-order valence-electron chi connectivity index (χ4n) is 2.78. The van der Waals surface area contributed by atoms with Crippen LogP contribution in [0.2, 0.25) is 0 Å². The summed E-state index contributed by atoms with van der Waals surface area (Å²) < 4.78 is 6.48. The topological polar surface area (TPSA) is 99.0 Å². The summed E-state index contributed by atoms with van der Waals surface area (Å²) in [5.41, 5.74) is 1.99. The summed E-state index contributed by atoms with van der Waals surface area (Å²) in [5.74, 6) is -0.452. The van der Waals surface area contributed by atoms with Gasteiger partial charge in [0.1, 0.15) is 22.7 Å². The summed E-state index contributed by atoms with van der Waals surface area (Å²) in [6.45, 7) is 3.89. The molecule has 0 aliphatic heterocycles. The number of hydrogen-bond acceptors (Lipinski definition) is 7. The third-order valence-electron chi connectivity index (χ3n) is 4.31. The molecule has 9 heteroatoms. The number of nitrogens with one attached hydrogen (secondary N) is 1. The third kappa shape index (κ3) is 5.04. The van der Waals surface area contributed by atoms with Crippen molar-refractivity contribution in [1.29, 1.82) is 0 Å². The fourth-order valence-corrected chi connectivity index (χ4v) is 3.69. The molecule has 3 rings (SSSR count). The van der Waals surface area contributed by atoms with Gasteiger partial charge in [0.05, 0.1) is 23.7 Å². The van der Waals surface area contributed by atoms with E-state index in [1.54, 1.807) is 14.0 Å². The van der Waals surface area contributed by atoms with Gasteiger partial charge in [-0.25, -0.2) is 14.8 Å². The minimum absolute atomic E-state index is 0.223. The van der Waals surface area contributed by atoms with Crippen LogP contribution < -0.4 is 5.32 Å². The SMILES string of the molecule is CCOC(=O)c1cnn(C)c1NC(=O)C(CC)Sc1cc(-c2ccccc2)ncn1. The van der Waals surface area contributed by atoms with Crippen molar-refractivity contribution in [1.82, 2.24) is 19.7 Å². The van der Waals surface area contributed by atoms with E-state index in [2.05, 4.69) is 20.4 Å². The van der Waals surface area contributed by atoms with Gasteiger partial charge in [0.2, 0.25) is 5.91 Å². The molecule has 0 radical (unpaired) electrons. The second kappa shape index (κ2) is 10.0. The molecule has 0 saturated heterocycles. The quantitative estimate of drug-likeness (QED) is 0.335. The molecule has 156 valence electrons. The number of rotatable bonds is 8. The summed E-state index contributed by atoms with van der Waals surface area (Å²) >= 11 is 1.35. The Kier molecular flexibility index (Phi) is 7.18. The summed E-state index contributed by atoms with van der Waals surface area (Å²) in [7, 11) is 1.66. The van der Waals surface area contributed by atoms with E-state index in [0.29, 0.717) is 17.3 Å². The van der Waals surface area contributed by atoms with Crippen LogP contribution in [0.3, 0.4) is 0 Å². The monoisotopic (exact) mass is 425 g/mol. The average molecular weight is 426 g/mol. The smallest absolute Gasteiger partial charge is 0.343 e. The van der Waals surface area contributed by atoms with Crippen LogP contribution in [0.5, 0.6) is 0 Å². The molecular formula is C21H23N5O3S. The number of carbonyl (C=O) groups is 2. The largest absolute Gasteiger partial charge is 0.462 e. The minimum atomic E-state index is -0.523. The third-order valence-corrected chi connectivity index (χ3v) is 5.61. The number of amides is 1. The maximum Gasteiger partial charge on any atom is 0.343 e. The number of benzene rings is 1. The lowest BCUT2D eigenvalue weighted by Gasteiger charge is -2.15. The highest BCUT2D eigenvalue weighted by molar-refractivity contribution is 8.00. The molecule has 2 aromatic heterocycles. The molecule has 1 atom stereocenters. The molecule has 3 aromatic rings. The Bertz CT molecular complexity index is 1020. The summed E-state index contributed by atoms with van der Waals surface area (Å²) in [6.07, 6.45) is 3.46. The van der Waals surface area contributed by atoms with Gasteiger partial charge in [-0.15, -0.1) is 0 Å². The Hall–Kier alpha value is -3.20. The zero-order valence-corrected chi connectivity index (χ0v) is 17.8. The highest BCUT2D eigenvalue weighted by atomic mass is 32.2. The van der Waals surface area contributed by atoms with Gasteiger partial charge in [0.15, 0.2) is 0 Å². The van der Waals surface area contributed by atoms with E-state index in [1.807, 2.05) is 43.3 Å². The predicted molar refractivity (Wildman–Crippen MR) is 115 cm³/mol. The average Bonchev–Trinajstić information content (AvgIpc) is 3.13. The Morgan fingerprint density at radius 2 is 1.97 bits per heavy atom. The molecule has 0 aliphatic rings. The van der Waals surface area contributed by atoms with Gasteiger partial charge in [-0.3, -0.25) is 9.48 Å². The second-order valence-electron chi connectivity index (χ2n) is 6.36. The first-order valence-electron chi connectivity index (χ1n) is 9.57. The number of aromatic nitrogens is 4. The normalized spacial score (nSPS) is 11.7. The van der Waals surface area contributed by atoms with E-state index in [9.17, 15) is 9.59 Å². The maximum atomic E-state index is 12.9. The predicted octanol–water partition coefficient (Wildman–Crippen LogP) is 3.56. The first kappa shape index (κ1) is 21.5. The first-order valence-corrected chi connectivity index (χ1v) is 10.5. The number of carbonyl (C=O) groups excluding carboxylic acids is 2. The number of ether oxygens (including phenoxy) is 1. The van der Waals surface area contributed by atoms with Crippen molar-refractivity contribution in [2.45, 2.75) is 30.5 Å². The van der Waals surface area contributed by atoms with Crippen molar-refractivity contribution in [2.75, 3.05) is 11.9 Å². The lowest BCUT2D eigenvalue weighted by atomic mass is 10.1. The van der Waals surface area contributed by atoms with Gasteiger partial charge >= 0.3 is 5.97 Å². The molecule has 0 bridgehead atoms. The van der Waals surface area contributed by atoms with Crippen LogP contribution >= 0.6 is 11.8 Å². The first-order chi connectivity index (χ1) is 14.5. The van der Waals surface area contributed by atoms with E-state index in [1.165, 1.54) is 29.0 Å². The second-order valence-corrected chi connectivity index (χ2v) is 7.59. The van der Waals surface area contributed by atoms with Crippen molar-refractivity contribution in [3.63, 3.8) is 0 Å². The van der Waals surface area contributed by atoms with Crippen LogP contribution in [-0.2, 0) is 16.6 Å². The number of thioether (sulfide) groups is 1. The van der Waals surface area contributed by atoms with Crippen LogP contribution in [0.4, 0.5) is 5.82 Å². The van der Waals surface area contributed by atoms with Crippen LogP contribution in [0, 0.1) is 0 Å². The summed E-state index contributed by atoms with van der Waals surface area (Å²) in [4.78, 5) is 33.7. The molecule has 30 heavy (non-hydrogen) atoms.